The van der Waals surface area contributed by atoms with Crippen molar-refractivity contribution in [1.82, 2.24) is 39.0 Å². The van der Waals surface area contributed by atoms with E-state index in [1.807, 2.05) is 60.7 Å². The molecule has 7 heterocycles. The van der Waals surface area contributed by atoms with Gasteiger partial charge >= 0.3 is 0 Å². The Kier molecular flexibility index (Phi) is 18.2. The van der Waals surface area contributed by atoms with Crippen LogP contribution in [-0.4, -0.2) is 39.0 Å². The molecule has 0 saturated heterocycles. The highest BCUT2D eigenvalue weighted by Gasteiger charge is 2.56. The van der Waals surface area contributed by atoms with Gasteiger partial charge in [0.15, 0.2) is 42.1 Å². The normalized spacial score (nSPS) is 16.0. The molecule has 10 heteroatoms. The van der Waals surface area contributed by atoms with Crippen LogP contribution in [0.25, 0.3) is 168 Å². The fourth-order valence-electron chi connectivity index (χ4n) is 22.5. The van der Waals surface area contributed by atoms with Gasteiger partial charge in [-0.25, -0.2) is 29.9 Å². The third kappa shape index (κ3) is 12.1. The number of para-hydroxylation sites is 6. The monoisotopic (exact) mass is 1740 g/mol. The van der Waals surface area contributed by atoms with Crippen LogP contribution in [-0.2, 0) is 20.8 Å². The molecule has 23 aromatic rings. The van der Waals surface area contributed by atoms with Crippen molar-refractivity contribution in [3.8, 4) is 124 Å². The van der Waals surface area contributed by atoms with Gasteiger partial charge in [-0.1, -0.05) is 445 Å². The maximum absolute atomic E-state index is 17.0. The van der Waals surface area contributed by atoms with Crippen molar-refractivity contribution in [2.75, 3.05) is 0 Å². The number of hydrogen-bond acceptors (Lipinski definition) is 7. The Morgan fingerprint density at radius 1 is 0.200 bits per heavy atom. The molecular weight excluding hydrogens is 1660 g/mol. The zero-order valence-electron chi connectivity index (χ0n) is 73.9. The highest BCUT2D eigenvalue weighted by Crippen LogP contribution is 2.64. The van der Waals surface area contributed by atoms with Crippen LogP contribution in [0.15, 0.2) is 467 Å². The Morgan fingerprint density at radius 3 is 0.896 bits per heavy atom. The molecule has 0 fully saturated rings. The van der Waals surface area contributed by atoms with E-state index in [-0.39, 0.29) is 5.41 Å². The molecule has 0 bridgehead atoms. The fourth-order valence-corrected chi connectivity index (χ4v) is 25.7. The zero-order valence-corrected chi connectivity index (χ0v) is 74.8. The molecule has 27 rings (SSSR count). The Balaban J connectivity index is 0.000000141. The number of rotatable bonds is 11. The summed E-state index contributed by atoms with van der Waals surface area (Å²) in [6, 6.07) is 166. The van der Waals surface area contributed by atoms with Crippen molar-refractivity contribution < 1.29 is 4.57 Å². The molecule has 1 aliphatic carbocycles. The number of aromatic nitrogens is 8. The van der Waals surface area contributed by atoms with E-state index in [2.05, 4.69) is 429 Å². The molecule has 3 aliphatic heterocycles. The molecular formula is C125H83N8OP. The lowest BCUT2D eigenvalue weighted by Crippen LogP contribution is -2.48. The average molecular weight is 1740 g/mol. The Labute approximate surface area is 781 Å². The Morgan fingerprint density at radius 2 is 0.474 bits per heavy atom. The molecule has 19 aromatic carbocycles. The molecule has 2 spiro atoms. The van der Waals surface area contributed by atoms with Crippen molar-refractivity contribution >= 4 is 66.7 Å². The maximum Gasteiger partial charge on any atom is 0.171 e. The fraction of sp³-hybridized carbons (Fsp3) is 0.0400. The summed E-state index contributed by atoms with van der Waals surface area (Å²) >= 11 is 0. The first-order chi connectivity index (χ1) is 66.6. The van der Waals surface area contributed by atoms with Gasteiger partial charge in [0.25, 0.3) is 0 Å². The summed E-state index contributed by atoms with van der Waals surface area (Å²) in [6.45, 7) is 4.75. The van der Waals surface area contributed by atoms with Crippen LogP contribution in [0.4, 0.5) is 0 Å². The van der Waals surface area contributed by atoms with Crippen molar-refractivity contribution in [3.63, 3.8) is 0 Å². The topological polar surface area (TPSA) is 104 Å². The third-order valence-electron chi connectivity index (χ3n) is 28.7. The lowest BCUT2D eigenvalue weighted by Gasteiger charge is -2.50. The predicted molar refractivity (Wildman–Crippen MR) is 552 cm³/mol. The van der Waals surface area contributed by atoms with E-state index in [9.17, 15) is 0 Å². The van der Waals surface area contributed by atoms with E-state index >= 15 is 4.57 Å². The molecule has 0 radical (unpaired) electrons. The highest BCUT2D eigenvalue weighted by molar-refractivity contribution is 7.85. The first kappa shape index (κ1) is 79.0. The van der Waals surface area contributed by atoms with Crippen LogP contribution in [0.3, 0.4) is 0 Å². The number of nitrogens with zero attached hydrogens (tertiary/aromatic N) is 8. The number of benzene rings is 19. The molecule has 3 unspecified atom stereocenters. The van der Waals surface area contributed by atoms with Crippen molar-refractivity contribution in [2.45, 2.75) is 30.1 Å². The summed E-state index contributed by atoms with van der Waals surface area (Å²) in [5.41, 5.74) is 31.9. The van der Waals surface area contributed by atoms with Crippen molar-refractivity contribution in [3.05, 3.63) is 523 Å². The summed E-state index contributed by atoms with van der Waals surface area (Å²) in [6.07, 6.45) is 0. The molecule has 4 aromatic heterocycles. The largest absolute Gasteiger partial charge is 0.309 e. The lowest BCUT2D eigenvalue weighted by molar-refractivity contribution is 0.556. The average Bonchev–Trinajstić information content (AvgIpc) is 1.65. The first-order valence-electron chi connectivity index (χ1n) is 46.1. The predicted octanol–water partition coefficient (Wildman–Crippen LogP) is 28.6. The van der Waals surface area contributed by atoms with Crippen molar-refractivity contribution in [1.29, 1.82) is 0 Å². The van der Waals surface area contributed by atoms with E-state index in [4.69, 9.17) is 29.9 Å². The van der Waals surface area contributed by atoms with Crippen LogP contribution in [0.5, 0.6) is 0 Å². The smallest absolute Gasteiger partial charge is 0.171 e. The molecule has 9 nitrogen and oxygen atoms in total. The lowest BCUT2D eigenvalue weighted by atomic mass is 9.53. The highest BCUT2D eigenvalue weighted by atomic mass is 31.2. The summed E-state index contributed by atoms with van der Waals surface area (Å²) in [4.78, 5) is 31.5. The Bertz CT molecular complexity index is 8560. The van der Waals surface area contributed by atoms with Gasteiger partial charge in [-0.3, -0.25) is 0 Å². The third-order valence-corrected chi connectivity index (χ3v) is 31.8. The van der Waals surface area contributed by atoms with Gasteiger partial charge in [-0.2, -0.15) is 0 Å². The quantitative estimate of drug-likeness (QED) is 0.119. The molecule has 0 N–H and O–H groups in total. The van der Waals surface area contributed by atoms with Crippen LogP contribution < -0.4 is 15.9 Å². The Hall–Kier alpha value is -17.0. The molecule has 0 saturated carbocycles. The number of hydrogen-bond donors (Lipinski definition) is 0. The van der Waals surface area contributed by atoms with E-state index in [1.54, 1.807) is 0 Å². The van der Waals surface area contributed by atoms with Gasteiger partial charge in [0.05, 0.1) is 44.3 Å². The van der Waals surface area contributed by atoms with Crippen LogP contribution in [0.2, 0.25) is 0 Å². The summed E-state index contributed by atoms with van der Waals surface area (Å²) in [5, 5.41) is 7.31. The van der Waals surface area contributed by atoms with Crippen molar-refractivity contribution in [2.24, 2.45) is 0 Å². The minimum atomic E-state index is -3.57. The van der Waals surface area contributed by atoms with Crippen LogP contribution >= 0.6 is 7.14 Å². The SMILES string of the molecule is CC1(C)c2ccccc2C2(c3ccccc3-n3c4ccccc4c4cccc2c43)c2ccc(-c3nc(-c4ccc(-c5ccccc5)cc4)nc(-c4ccc(-c5ccccc5)cc4)n3)cc21.O=P1(c2ccccc2)c2ccccc2C2(c3ccccc3-n3c4ccccc4c4cccc2c43)c2ccc(-c3nc(-c4ccc(-c5ccccc5)cc4)nc(-c4ccc(-c5ccccc5)cc4)n3)cc21. The summed E-state index contributed by atoms with van der Waals surface area (Å²) in [5.74, 6) is 3.52. The zero-order chi connectivity index (χ0) is 89.7. The van der Waals surface area contributed by atoms with Gasteiger partial charge < -0.3 is 13.7 Å². The van der Waals surface area contributed by atoms with Gasteiger partial charge in [-0.15, -0.1) is 0 Å². The minimum absolute atomic E-state index is 0.348. The number of fused-ring (bicyclic) bond motifs is 22. The molecule has 4 aliphatic rings. The molecule has 0 amide bonds. The van der Waals surface area contributed by atoms with E-state index < -0.39 is 18.0 Å². The molecule has 634 valence electrons. The van der Waals surface area contributed by atoms with Crippen LogP contribution in [0, 0.1) is 0 Å². The van der Waals surface area contributed by atoms with Gasteiger partial charge in [-0.05, 0) is 137 Å². The molecule has 3 atom stereocenters. The standard InChI is InChI=1S/C64H41N4OP.C61H42N4/c69-70(49-21-8-3-9-22-49)58-30-15-12-26-53(58)64(52-25-11-14-29-57(52)68-56-28-13-10-23-50(56)51-24-16-27-55(64)60(51)68)54-40-39-48(41-59(54)70)63-66-61(46-35-31-44(32-36-46)42-17-4-1-5-18-42)65-62(67-63)47-37-33-45(34-38-47)43-19-6-2-7-20-43;1-60(2)48-22-10-11-23-49(48)61(51-24-12-14-27-55(51)65-54-26-13-9-20-46(54)47-21-15-25-52(61)56(47)65)50-37-36-45(38-53(50)60)59-63-57(43-32-28-41(29-33-43)39-16-5-3-6-17-39)62-58(64-59)44-34-30-42(31-35-44)40-18-7-4-8-19-40/h1-41H;3-38H,1-2H3. The summed E-state index contributed by atoms with van der Waals surface area (Å²) < 4.78 is 22.0. The maximum atomic E-state index is 17.0. The minimum Gasteiger partial charge on any atom is -0.309 e. The van der Waals surface area contributed by atoms with E-state index in [1.165, 1.54) is 82.8 Å². The first-order valence-corrected chi connectivity index (χ1v) is 47.9. The summed E-state index contributed by atoms with van der Waals surface area (Å²) in [7, 11) is -3.57. The molecule has 135 heavy (non-hydrogen) atoms. The van der Waals surface area contributed by atoms with E-state index in [0.717, 1.165) is 122 Å². The van der Waals surface area contributed by atoms with Gasteiger partial charge in [0.1, 0.15) is 0 Å². The van der Waals surface area contributed by atoms with E-state index in [0.29, 0.717) is 34.9 Å². The second kappa shape index (κ2) is 31.1. The van der Waals surface area contributed by atoms with Gasteiger partial charge in [0.2, 0.25) is 0 Å². The van der Waals surface area contributed by atoms with Crippen LogP contribution in [0.1, 0.15) is 69.5 Å². The van der Waals surface area contributed by atoms with Gasteiger partial charge in [0, 0.05) is 76.3 Å². The second-order valence-corrected chi connectivity index (χ2v) is 38.9. The second-order valence-electron chi connectivity index (χ2n) is 36.2.